The number of aliphatic hydroxyl groups is 2. The molecule has 0 atom stereocenters. The van der Waals surface area contributed by atoms with Crippen LogP contribution in [0, 0.1) is 0 Å². The summed E-state index contributed by atoms with van der Waals surface area (Å²) in [7, 11) is 0. The minimum Gasteiger partial charge on any atom is -0.501 e. The predicted octanol–water partition coefficient (Wildman–Crippen LogP) is 2.03. The van der Waals surface area contributed by atoms with Crippen molar-refractivity contribution in [3.8, 4) is 0 Å². The van der Waals surface area contributed by atoms with E-state index in [1.165, 1.54) is 0 Å². The third-order valence-corrected chi connectivity index (χ3v) is 3.07. The summed E-state index contributed by atoms with van der Waals surface area (Å²) in [5.74, 6) is -3.36. The van der Waals surface area contributed by atoms with Gasteiger partial charge in [0.15, 0.2) is 0 Å². The maximum atomic E-state index is 11.9. The molecule has 0 fully saturated rings. The number of carbonyl (C=O) groups is 2. The first-order valence-electron chi connectivity index (χ1n) is 5.59. The number of aromatic nitrogens is 1. The molecule has 5 nitrogen and oxygen atoms in total. The highest BCUT2D eigenvalue weighted by Gasteiger charge is 2.30. The van der Waals surface area contributed by atoms with Gasteiger partial charge < -0.3 is 15.2 Å². The van der Waals surface area contributed by atoms with Crippen LogP contribution in [-0.2, 0) is 9.59 Å². The van der Waals surface area contributed by atoms with Gasteiger partial charge in [0.05, 0.1) is 0 Å². The molecular weight excluding hydrogens is 246 g/mol. The molecule has 3 rings (SSSR count). The monoisotopic (exact) mass is 255 g/mol. The van der Waals surface area contributed by atoms with Crippen LogP contribution in [0.15, 0.2) is 48.1 Å². The molecule has 1 aromatic heterocycles. The molecule has 0 bridgehead atoms. The molecule has 19 heavy (non-hydrogen) atoms. The average molecular weight is 255 g/mol. The van der Waals surface area contributed by atoms with Crippen LogP contribution in [0.3, 0.4) is 0 Å². The van der Waals surface area contributed by atoms with Crippen LogP contribution in [0.2, 0.25) is 0 Å². The SMILES string of the molecule is O=C1C=C(c2c[nH]c3ccccc23)C(=O)C(O)=C1O. The molecule has 0 saturated carbocycles. The van der Waals surface area contributed by atoms with Gasteiger partial charge in [0.1, 0.15) is 0 Å². The van der Waals surface area contributed by atoms with Crippen LogP contribution in [-0.4, -0.2) is 26.8 Å². The number of H-pyrrole nitrogens is 1. The Labute approximate surface area is 107 Å². The largest absolute Gasteiger partial charge is 0.501 e. The highest BCUT2D eigenvalue weighted by atomic mass is 16.3. The number of benzene rings is 1. The Morgan fingerprint density at radius 1 is 1.00 bits per heavy atom. The quantitative estimate of drug-likeness (QED) is 0.680. The number of hydrogen-bond donors (Lipinski definition) is 3. The summed E-state index contributed by atoms with van der Waals surface area (Å²) in [6.45, 7) is 0. The standard InChI is InChI=1S/C14H9NO4/c16-11-5-8(12(17)14(19)13(11)18)9-6-15-10-4-2-1-3-7(9)10/h1-6,15,18-19H. The van der Waals surface area contributed by atoms with Crippen LogP contribution in [0.1, 0.15) is 5.56 Å². The van der Waals surface area contributed by atoms with E-state index in [-0.39, 0.29) is 5.57 Å². The van der Waals surface area contributed by atoms with Crippen molar-refractivity contribution in [2.45, 2.75) is 0 Å². The number of para-hydroxylation sites is 1. The summed E-state index contributed by atoms with van der Waals surface area (Å²) in [6.07, 6.45) is 2.63. The van der Waals surface area contributed by atoms with E-state index >= 15 is 0 Å². The molecule has 1 aliphatic carbocycles. The number of hydrogen-bond acceptors (Lipinski definition) is 4. The molecule has 94 valence electrons. The minimum absolute atomic E-state index is 0.0674. The maximum absolute atomic E-state index is 11.9. The van der Waals surface area contributed by atoms with Gasteiger partial charge in [0.25, 0.3) is 0 Å². The minimum atomic E-state index is -0.909. The van der Waals surface area contributed by atoms with E-state index in [0.717, 1.165) is 17.0 Å². The Morgan fingerprint density at radius 3 is 2.53 bits per heavy atom. The van der Waals surface area contributed by atoms with E-state index < -0.39 is 23.1 Å². The number of nitrogens with one attached hydrogen (secondary N) is 1. The zero-order valence-electron chi connectivity index (χ0n) is 9.68. The molecule has 0 amide bonds. The zero-order chi connectivity index (χ0) is 13.6. The molecule has 0 saturated heterocycles. The number of rotatable bonds is 1. The number of aliphatic hydroxyl groups excluding tert-OH is 2. The highest BCUT2D eigenvalue weighted by molar-refractivity contribution is 6.37. The number of allylic oxidation sites excluding steroid dienone is 2. The molecule has 0 unspecified atom stereocenters. The molecule has 0 spiro atoms. The fourth-order valence-corrected chi connectivity index (χ4v) is 2.11. The maximum Gasteiger partial charge on any atom is 0.232 e. The second-order valence-corrected chi connectivity index (χ2v) is 4.20. The zero-order valence-corrected chi connectivity index (χ0v) is 9.68. The van der Waals surface area contributed by atoms with Gasteiger partial charge in [-0.05, 0) is 6.07 Å². The van der Waals surface area contributed by atoms with Crippen LogP contribution in [0.25, 0.3) is 16.5 Å². The fourth-order valence-electron chi connectivity index (χ4n) is 2.11. The predicted molar refractivity (Wildman–Crippen MR) is 68.6 cm³/mol. The smallest absolute Gasteiger partial charge is 0.232 e. The van der Waals surface area contributed by atoms with Crippen molar-refractivity contribution in [3.05, 3.63) is 53.6 Å². The highest BCUT2D eigenvalue weighted by Crippen LogP contribution is 2.29. The van der Waals surface area contributed by atoms with Crippen LogP contribution in [0.5, 0.6) is 0 Å². The number of aromatic amines is 1. The van der Waals surface area contributed by atoms with E-state index in [4.69, 9.17) is 0 Å². The second kappa shape index (κ2) is 3.84. The summed E-state index contributed by atoms with van der Waals surface area (Å²) >= 11 is 0. The van der Waals surface area contributed by atoms with Gasteiger partial charge in [0, 0.05) is 34.3 Å². The summed E-state index contributed by atoms with van der Waals surface area (Å²) < 4.78 is 0. The molecule has 1 aliphatic rings. The van der Waals surface area contributed by atoms with Gasteiger partial charge in [-0.15, -0.1) is 0 Å². The van der Waals surface area contributed by atoms with Gasteiger partial charge in [-0.3, -0.25) is 9.59 Å². The van der Waals surface area contributed by atoms with Crippen LogP contribution < -0.4 is 0 Å². The third kappa shape index (κ3) is 1.55. The van der Waals surface area contributed by atoms with Gasteiger partial charge in [-0.25, -0.2) is 0 Å². The molecule has 1 heterocycles. The molecule has 3 N–H and O–H groups in total. The van der Waals surface area contributed by atoms with Gasteiger partial charge in [-0.2, -0.15) is 0 Å². The fraction of sp³-hybridized carbons (Fsp3) is 0. The Balaban J connectivity index is 2.21. The van der Waals surface area contributed by atoms with Crippen molar-refractivity contribution in [2.24, 2.45) is 0 Å². The topological polar surface area (TPSA) is 90.4 Å². The summed E-state index contributed by atoms with van der Waals surface area (Å²) in [5.41, 5.74) is 1.41. The average Bonchev–Trinajstić information content (AvgIpc) is 2.84. The molecule has 5 heteroatoms. The normalized spacial score (nSPS) is 16.1. The van der Waals surface area contributed by atoms with E-state index in [1.807, 2.05) is 18.2 Å². The Kier molecular flexibility index (Phi) is 2.28. The van der Waals surface area contributed by atoms with Gasteiger partial charge in [-0.1, -0.05) is 18.2 Å². The lowest BCUT2D eigenvalue weighted by atomic mass is 9.94. The van der Waals surface area contributed by atoms with E-state index in [9.17, 15) is 19.8 Å². The lowest BCUT2D eigenvalue weighted by molar-refractivity contribution is -0.118. The van der Waals surface area contributed by atoms with Crippen molar-refractivity contribution in [1.82, 2.24) is 4.98 Å². The third-order valence-electron chi connectivity index (χ3n) is 3.07. The number of carbonyl (C=O) groups excluding carboxylic acids is 2. The van der Waals surface area contributed by atoms with E-state index in [2.05, 4.69) is 4.98 Å². The number of Topliss-reactive ketones (excluding diaryl/α,β-unsaturated/α-hetero) is 1. The van der Waals surface area contributed by atoms with Crippen molar-refractivity contribution >= 4 is 28.0 Å². The number of fused-ring (bicyclic) bond motifs is 1. The van der Waals surface area contributed by atoms with Crippen molar-refractivity contribution in [1.29, 1.82) is 0 Å². The molecule has 0 radical (unpaired) electrons. The Hall–Kier alpha value is -2.82. The van der Waals surface area contributed by atoms with Crippen LogP contribution in [0.4, 0.5) is 0 Å². The van der Waals surface area contributed by atoms with E-state index in [1.54, 1.807) is 12.3 Å². The van der Waals surface area contributed by atoms with Crippen LogP contribution >= 0.6 is 0 Å². The first-order chi connectivity index (χ1) is 9.09. The molecular formula is C14H9NO4. The van der Waals surface area contributed by atoms with Crippen molar-refractivity contribution in [3.63, 3.8) is 0 Å². The van der Waals surface area contributed by atoms with Crippen molar-refractivity contribution < 1.29 is 19.8 Å². The van der Waals surface area contributed by atoms with Gasteiger partial charge >= 0.3 is 0 Å². The molecule has 0 aliphatic heterocycles. The first kappa shape index (κ1) is 11.3. The molecule has 1 aromatic carbocycles. The lowest BCUT2D eigenvalue weighted by Crippen LogP contribution is -2.18. The van der Waals surface area contributed by atoms with E-state index in [0.29, 0.717) is 5.56 Å². The summed E-state index contributed by atoms with van der Waals surface area (Å²) in [4.78, 5) is 26.4. The number of ketones is 2. The molecule has 2 aromatic rings. The Bertz CT molecular complexity index is 780. The first-order valence-corrected chi connectivity index (χ1v) is 5.59. The summed E-state index contributed by atoms with van der Waals surface area (Å²) in [5, 5.41) is 19.5. The van der Waals surface area contributed by atoms with Gasteiger partial charge in [0.2, 0.25) is 23.1 Å². The summed E-state index contributed by atoms with van der Waals surface area (Å²) in [6, 6.07) is 7.28. The van der Waals surface area contributed by atoms with Crippen molar-refractivity contribution in [2.75, 3.05) is 0 Å². The second-order valence-electron chi connectivity index (χ2n) is 4.20. The Morgan fingerprint density at radius 2 is 1.74 bits per heavy atom. The lowest BCUT2D eigenvalue weighted by Gasteiger charge is -2.11.